The van der Waals surface area contributed by atoms with Crippen molar-refractivity contribution in [3.63, 3.8) is 0 Å². The van der Waals surface area contributed by atoms with E-state index >= 15 is 0 Å². The van der Waals surface area contributed by atoms with Crippen LogP contribution in [-0.4, -0.2) is 9.78 Å². The number of nitrogens with zero attached hydrogens (tertiary/aromatic N) is 2. The lowest BCUT2D eigenvalue weighted by molar-refractivity contribution is 0.389. The Morgan fingerprint density at radius 1 is 1.28 bits per heavy atom. The van der Waals surface area contributed by atoms with Gasteiger partial charge in [0.15, 0.2) is 0 Å². The summed E-state index contributed by atoms with van der Waals surface area (Å²) in [4.78, 5) is 0. The van der Waals surface area contributed by atoms with Gasteiger partial charge in [0.25, 0.3) is 0 Å². The van der Waals surface area contributed by atoms with Gasteiger partial charge < -0.3 is 10.5 Å². The number of ether oxygens (including phenoxy) is 1. The topological polar surface area (TPSA) is 53.1 Å². The largest absolute Gasteiger partial charge is 0.437 e. The molecule has 2 N–H and O–H groups in total. The lowest BCUT2D eigenvalue weighted by Gasteiger charge is -2.12. The maximum Gasteiger partial charge on any atom is 0.241 e. The molecule has 2 aromatic rings. The van der Waals surface area contributed by atoms with Gasteiger partial charge in [-0.25, -0.2) is 4.68 Å². The minimum Gasteiger partial charge on any atom is -0.437 e. The summed E-state index contributed by atoms with van der Waals surface area (Å²) in [7, 11) is 0. The fraction of sp³-hybridized carbons (Fsp3) is 0.308. The third-order valence-electron chi connectivity index (χ3n) is 2.60. The normalized spacial score (nSPS) is 10.9. The Morgan fingerprint density at radius 2 is 1.89 bits per heavy atom. The highest BCUT2D eigenvalue weighted by atomic mass is 127. The Bertz CT molecular complexity index is 546. The molecule has 1 aromatic heterocycles. The van der Waals surface area contributed by atoms with Crippen molar-refractivity contribution in [2.24, 2.45) is 0 Å². The van der Waals surface area contributed by atoms with Crippen LogP contribution in [0, 0.1) is 10.5 Å². The summed E-state index contributed by atoms with van der Waals surface area (Å²) in [5.41, 5.74) is 7.40. The number of benzene rings is 1. The second-order valence-electron chi connectivity index (χ2n) is 4.40. The number of hydrogen-bond donors (Lipinski definition) is 1. The molecule has 4 nitrogen and oxygen atoms in total. The van der Waals surface area contributed by atoms with Crippen molar-refractivity contribution in [2.45, 2.75) is 26.8 Å². The fourth-order valence-corrected chi connectivity index (χ4v) is 1.96. The Labute approximate surface area is 120 Å². The van der Waals surface area contributed by atoms with Crippen LogP contribution in [0.3, 0.4) is 0 Å². The number of aryl methyl sites for hydroxylation is 1. The van der Waals surface area contributed by atoms with Crippen LogP contribution in [0.15, 0.2) is 24.3 Å². The summed E-state index contributed by atoms with van der Waals surface area (Å²) in [6, 6.07) is 8.05. The number of rotatable bonds is 3. The molecule has 0 fully saturated rings. The third-order valence-corrected chi connectivity index (χ3v) is 3.32. The van der Waals surface area contributed by atoms with Gasteiger partial charge in [-0.05, 0) is 67.6 Å². The molecular formula is C13H16IN3O. The number of anilines is 1. The summed E-state index contributed by atoms with van der Waals surface area (Å²) in [5.74, 6) is 1.38. The Balaban J connectivity index is 2.36. The number of hydrogen-bond acceptors (Lipinski definition) is 3. The summed E-state index contributed by atoms with van der Waals surface area (Å²) in [5, 5.41) is 4.39. The van der Waals surface area contributed by atoms with Gasteiger partial charge in [-0.3, -0.25) is 0 Å². The lowest BCUT2D eigenvalue weighted by Crippen LogP contribution is -2.05. The zero-order valence-electron chi connectivity index (χ0n) is 10.6. The lowest BCUT2D eigenvalue weighted by atomic mass is 10.3. The molecule has 0 aliphatic carbocycles. The molecule has 5 heteroatoms. The van der Waals surface area contributed by atoms with E-state index in [0.29, 0.717) is 11.6 Å². The van der Waals surface area contributed by atoms with Crippen LogP contribution >= 0.6 is 22.6 Å². The van der Waals surface area contributed by atoms with Crippen molar-refractivity contribution >= 4 is 28.3 Å². The van der Waals surface area contributed by atoms with E-state index in [2.05, 4.69) is 27.7 Å². The average molecular weight is 357 g/mol. The predicted molar refractivity (Wildman–Crippen MR) is 81.0 cm³/mol. The summed E-state index contributed by atoms with van der Waals surface area (Å²) in [6.07, 6.45) is 0. The highest BCUT2D eigenvalue weighted by molar-refractivity contribution is 14.1. The first-order chi connectivity index (χ1) is 8.49. The van der Waals surface area contributed by atoms with Crippen LogP contribution in [0.4, 0.5) is 5.69 Å². The number of aromatic nitrogens is 2. The number of nitrogen functional groups attached to an aromatic ring is 1. The zero-order chi connectivity index (χ0) is 13.3. The standard InChI is InChI=1S/C13H16IN3O/c1-8(2)17-13(12(15)9(3)16-17)18-11-6-4-10(14)5-7-11/h4-8H,15H2,1-3H3. The van der Waals surface area contributed by atoms with E-state index in [4.69, 9.17) is 10.5 Å². The van der Waals surface area contributed by atoms with Crippen molar-refractivity contribution in [1.29, 1.82) is 0 Å². The summed E-state index contributed by atoms with van der Waals surface area (Å²) in [6.45, 7) is 5.98. The van der Waals surface area contributed by atoms with E-state index in [-0.39, 0.29) is 6.04 Å². The minimum absolute atomic E-state index is 0.208. The minimum atomic E-state index is 0.208. The molecule has 0 spiro atoms. The SMILES string of the molecule is Cc1nn(C(C)C)c(Oc2ccc(I)cc2)c1N. The van der Waals surface area contributed by atoms with Crippen LogP contribution in [0.25, 0.3) is 0 Å². The van der Waals surface area contributed by atoms with Gasteiger partial charge in [0.05, 0.1) is 11.7 Å². The van der Waals surface area contributed by atoms with E-state index in [0.717, 1.165) is 11.4 Å². The van der Waals surface area contributed by atoms with Crippen molar-refractivity contribution in [3.8, 4) is 11.6 Å². The quantitative estimate of drug-likeness (QED) is 0.852. The van der Waals surface area contributed by atoms with Gasteiger partial charge in [0.1, 0.15) is 11.4 Å². The molecule has 0 unspecified atom stereocenters. The monoisotopic (exact) mass is 357 g/mol. The molecule has 0 aliphatic heterocycles. The first-order valence-corrected chi connectivity index (χ1v) is 6.85. The van der Waals surface area contributed by atoms with E-state index in [1.165, 1.54) is 3.57 Å². The van der Waals surface area contributed by atoms with Crippen LogP contribution in [0.2, 0.25) is 0 Å². The highest BCUT2D eigenvalue weighted by Gasteiger charge is 2.16. The highest BCUT2D eigenvalue weighted by Crippen LogP contribution is 2.32. The Morgan fingerprint density at radius 3 is 2.44 bits per heavy atom. The molecule has 0 aliphatic rings. The molecule has 0 atom stereocenters. The molecular weight excluding hydrogens is 341 g/mol. The molecule has 0 bridgehead atoms. The fourth-order valence-electron chi connectivity index (χ4n) is 1.61. The zero-order valence-corrected chi connectivity index (χ0v) is 12.8. The first-order valence-electron chi connectivity index (χ1n) is 5.77. The molecule has 18 heavy (non-hydrogen) atoms. The second kappa shape index (κ2) is 5.17. The molecule has 1 aromatic carbocycles. The van der Waals surface area contributed by atoms with Gasteiger partial charge in [-0.15, -0.1) is 0 Å². The molecule has 0 saturated carbocycles. The molecule has 96 valence electrons. The van der Waals surface area contributed by atoms with Crippen LogP contribution < -0.4 is 10.5 Å². The van der Waals surface area contributed by atoms with E-state index in [1.807, 2.05) is 49.7 Å². The van der Waals surface area contributed by atoms with Crippen LogP contribution in [0.5, 0.6) is 11.6 Å². The second-order valence-corrected chi connectivity index (χ2v) is 5.64. The van der Waals surface area contributed by atoms with Crippen LogP contribution in [0.1, 0.15) is 25.6 Å². The van der Waals surface area contributed by atoms with Crippen molar-refractivity contribution in [2.75, 3.05) is 5.73 Å². The Hall–Kier alpha value is -1.24. The molecule has 2 rings (SSSR count). The van der Waals surface area contributed by atoms with E-state index < -0.39 is 0 Å². The average Bonchev–Trinajstić information content (AvgIpc) is 2.60. The number of halogens is 1. The molecule has 0 radical (unpaired) electrons. The Kier molecular flexibility index (Phi) is 3.79. The first kappa shape index (κ1) is 13.2. The van der Waals surface area contributed by atoms with E-state index in [9.17, 15) is 0 Å². The van der Waals surface area contributed by atoms with Crippen LogP contribution in [-0.2, 0) is 0 Å². The van der Waals surface area contributed by atoms with Crippen molar-refractivity contribution < 1.29 is 4.74 Å². The van der Waals surface area contributed by atoms with Gasteiger partial charge in [0.2, 0.25) is 5.88 Å². The van der Waals surface area contributed by atoms with Gasteiger partial charge in [0, 0.05) is 3.57 Å². The molecule has 0 amide bonds. The summed E-state index contributed by atoms with van der Waals surface area (Å²) < 4.78 is 8.83. The maximum atomic E-state index is 6.01. The van der Waals surface area contributed by atoms with Gasteiger partial charge in [-0.1, -0.05) is 0 Å². The smallest absolute Gasteiger partial charge is 0.241 e. The van der Waals surface area contributed by atoms with Crippen molar-refractivity contribution in [3.05, 3.63) is 33.5 Å². The molecule has 0 saturated heterocycles. The third kappa shape index (κ3) is 2.60. The number of nitrogens with two attached hydrogens (primary N) is 1. The molecule has 1 heterocycles. The van der Waals surface area contributed by atoms with Crippen molar-refractivity contribution in [1.82, 2.24) is 9.78 Å². The van der Waals surface area contributed by atoms with Gasteiger partial charge in [-0.2, -0.15) is 5.10 Å². The van der Waals surface area contributed by atoms with Gasteiger partial charge >= 0.3 is 0 Å². The van der Waals surface area contributed by atoms with E-state index in [1.54, 1.807) is 0 Å². The predicted octanol–water partition coefficient (Wildman–Crippen LogP) is 3.75. The maximum absolute atomic E-state index is 6.01. The summed E-state index contributed by atoms with van der Waals surface area (Å²) >= 11 is 2.26.